The molecule has 0 aromatic heterocycles. The van der Waals surface area contributed by atoms with Crippen LogP contribution in [0.15, 0.2) is 18.2 Å². The highest BCUT2D eigenvalue weighted by Gasteiger charge is 2.30. The van der Waals surface area contributed by atoms with E-state index in [0.717, 1.165) is 19.3 Å². The van der Waals surface area contributed by atoms with Gasteiger partial charge in [-0.2, -0.15) is 0 Å². The van der Waals surface area contributed by atoms with Crippen molar-refractivity contribution in [1.29, 1.82) is 0 Å². The third-order valence-corrected chi connectivity index (χ3v) is 3.64. The molecule has 4 nitrogen and oxygen atoms in total. The van der Waals surface area contributed by atoms with E-state index in [1.54, 1.807) is 4.90 Å². The van der Waals surface area contributed by atoms with Gasteiger partial charge in [0.1, 0.15) is 11.5 Å². The zero-order valence-electron chi connectivity index (χ0n) is 10.8. The summed E-state index contributed by atoms with van der Waals surface area (Å²) in [5.41, 5.74) is 0.176. The molecule has 1 fully saturated rings. The Morgan fingerprint density at radius 2 is 1.83 bits per heavy atom. The normalized spacial score (nSPS) is 24.0. The van der Waals surface area contributed by atoms with Crippen LogP contribution in [-0.4, -0.2) is 33.1 Å². The third-order valence-electron chi connectivity index (χ3n) is 3.64. The molecule has 0 unspecified atom stereocenters. The van der Waals surface area contributed by atoms with Crippen molar-refractivity contribution in [2.45, 2.75) is 45.2 Å². The number of amides is 1. The molecule has 2 rings (SSSR count). The standard InChI is InChI=1S/C14H19NO3/c1-9-4-3-5-10(2)15(9)14(18)12-8-11(16)6-7-13(12)17/h6-10,16-17H,3-5H2,1-2H3/t9-,10+. The van der Waals surface area contributed by atoms with E-state index < -0.39 is 0 Å². The average molecular weight is 249 g/mol. The molecule has 1 amide bonds. The predicted octanol–water partition coefficient (Wildman–Crippen LogP) is 2.50. The molecule has 1 saturated heterocycles. The lowest BCUT2D eigenvalue weighted by Crippen LogP contribution is -2.47. The lowest BCUT2D eigenvalue weighted by atomic mass is 9.96. The first-order valence-corrected chi connectivity index (χ1v) is 6.35. The molecule has 0 aliphatic carbocycles. The average Bonchev–Trinajstić information content (AvgIpc) is 2.32. The zero-order chi connectivity index (χ0) is 13.3. The van der Waals surface area contributed by atoms with Crippen molar-refractivity contribution in [3.63, 3.8) is 0 Å². The summed E-state index contributed by atoms with van der Waals surface area (Å²) in [5, 5.41) is 19.2. The molecule has 4 heteroatoms. The Balaban J connectivity index is 2.32. The molecule has 0 saturated carbocycles. The molecule has 0 spiro atoms. The molecule has 1 aromatic rings. The number of aromatic hydroxyl groups is 2. The van der Waals surface area contributed by atoms with Gasteiger partial charge in [0.05, 0.1) is 5.56 Å². The van der Waals surface area contributed by atoms with Gasteiger partial charge in [0.25, 0.3) is 5.91 Å². The number of phenolic OH excluding ortho intramolecular Hbond substituents is 2. The SMILES string of the molecule is C[C@@H]1CCC[C@H](C)N1C(=O)c1cc(O)ccc1O. The second-order valence-electron chi connectivity index (χ2n) is 5.04. The Kier molecular flexibility index (Phi) is 3.45. The van der Waals surface area contributed by atoms with E-state index in [9.17, 15) is 15.0 Å². The quantitative estimate of drug-likeness (QED) is 0.752. The number of carbonyl (C=O) groups excluding carboxylic acids is 1. The van der Waals surface area contributed by atoms with Crippen molar-refractivity contribution >= 4 is 5.91 Å². The minimum Gasteiger partial charge on any atom is -0.508 e. The Morgan fingerprint density at radius 3 is 2.44 bits per heavy atom. The lowest BCUT2D eigenvalue weighted by Gasteiger charge is -2.39. The molecule has 1 aliphatic heterocycles. The summed E-state index contributed by atoms with van der Waals surface area (Å²) < 4.78 is 0. The largest absolute Gasteiger partial charge is 0.508 e. The van der Waals surface area contributed by atoms with Crippen molar-refractivity contribution < 1.29 is 15.0 Å². The van der Waals surface area contributed by atoms with Gasteiger partial charge in [-0.05, 0) is 51.3 Å². The van der Waals surface area contributed by atoms with Gasteiger partial charge in [0, 0.05) is 12.1 Å². The van der Waals surface area contributed by atoms with Crippen molar-refractivity contribution in [2.24, 2.45) is 0 Å². The highest BCUT2D eigenvalue weighted by atomic mass is 16.3. The van der Waals surface area contributed by atoms with Crippen LogP contribution in [0.5, 0.6) is 11.5 Å². The second-order valence-corrected chi connectivity index (χ2v) is 5.04. The topological polar surface area (TPSA) is 60.8 Å². The van der Waals surface area contributed by atoms with Crippen LogP contribution < -0.4 is 0 Å². The molecule has 1 aliphatic rings. The third kappa shape index (κ3) is 2.28. The van der Waals surface area contributed by atoms with E-state index in [-0.39, 0.29) is 35.1 Å². The maximum absolute atomic E-state index is 12.4. The Labute approximate surface area is 107 Å². The minimum absolute atomic E-state index is 0.00605. The molecule has 18 heavy (non-hydrogen) atoms. The number of hydrogen-bond donors (Lipinski definition) is 2. The maximum atomic E-state index is 12.4. The molecular weight excluding hydrogens is 230 g/mol. The fourth-order valence-electron chi connectivity index (χ4n) is 2.66. The van der Waals surface area contributed by atoms with Crippen molar-refractivity contribution in [3.05, 3.63) is 23.8 Å². The van der Waals surface area contributed by atoms with E-state index in [2.05, 4.69) is 0 Å². The van der Waals surface area contributed by atoms with Crippen LogP contribution >= 0.6 is 0 Å². The number of benzene rings is 1. The van der Waals surface area contributed by atoms with Crippen molar-refractivity contribution in [3.8, 4) is 11.5 Å². The molecule has 2 N–H and O–H groups in total. The van der Waals surface area contributed by atoms with E-state index in [4.69, 9.17) is 0 Å². The van der Waals surface area contributed by atoms with Crippen molar-refractivity contribution in [2.75, 3.05) is 0 Å². The van der Waals surface area contributed by atoms with Crippen LogP contribution in [0.4, 0.5) is 0 Å². The number of nitrogens with zero attached hydrogens (tertiary/aromatic N) is 1. The first-order valence-electron chi connectivity index (χ1n) is 6.35. The smallest absolute Gasteiger partial charge is 0.258 e. The monoisotopic (exact) mass is 249 g/mol. The molecule has 98 valence electrons. The summed E-state index contributed by atoms with van der Waals surface area (Å²) in [6, 6.07) is 4.38. The molecule has 0 bridgehead atoms. The Bertz CT molecular complexity index is 448. The number of likely N-dealkylation sites (tertiary alicyclic amines) is 1. The van der Waals surface area contributed by atoms with Gasteiger partial charge in [0.2, 0.25) is 0 Å². The molecule has 1 aromatic carbocycles. The van der Waals surface area contributed by atoms with E-state index in [1.165, 1.54) is 18.2 Å². The number of rotatable bonds is 1. The van der Waals surface area contributed by atoms with Crippen LogP contribution in [0.3, 0.4) is 0 Å². The van der Waals surface area contributed by atoms with Gasteiger partial charge in [-0.25, -0.2) is 0 Å². The van der Waals surface area contributed by atoms with Gasteiger partial charge in [-0.15, -0.1) is 0 Å². The van der Waals surface area contributed by atoms with Gasteiger partial charge >= 0.3 is 0 Å². The lowest BCUT2D eigenvalue weighted by molar-refractivity contribution is 0.0507. The van der Waals surface area contributed by atoms with Gasteiger partial charge < -0.3 is 15.1 Å². The van der Waals surface area contributed by atoms with Crippen molar-refractivity contribution in [1.82, 2.24) is 4.90 Å². The molecule has 2 atom stereocenters. The van der Waals surface area contributed by atoms with Crippen LogP contribution in [0, 0.1) is 0 Å². The Morgan fingerprint density at radius 1 is 1.22 bits per heavy atom. The molecule has 1 heterocycles. The second kappa shape index (κ2) is 4.88. The summed E-state index contributed by atoms with van der Waals surface area (Å²) in [5.74, 6) is -0.292. The van der Waals surface area contributed by atoms with Gasteiger partial charge in [0.15, 0.2) is 0 Å². The summed E-state index contributed by atoms with van der Waals surface area (Å²) >= 11 is 0. The highest BCUT2D eigenvalue weighted by Crippen LogP contribution is 2.29. The summed E-state index contributed by atoms with van der Waals surface area (Å²) in [6.45, 7) is 4.04. The van der Waals surface area contributed by atoms with E-state index in [0.29, 0.717) is 0 Å². The first-order chi connectivity index (χ1) is 8.50. The van der Waals surface area contributed by atoms with Gasteiger partial charge in [-0.3, -0.25) is 4.79 Å². The Hall–Kier alpha value is -1.71. The summed E-state index contributed by atoms with van der Waals surface area (Å²) in [7, 11) is 0. The van der Waals surface area contributed by atoms with E-state index in [1.807, 2.05) is 13.8 Å². The maximum Gasteiger partial charge on any atom is 0.258 e. The predicted molar refractivity (Wildman–Crippen MR) is 68.7 cm³/mol. The number of piperidine rings is 1. The first kappa shape index (κ1) is 12.7. The fraction of sp³-hybridized carbons (Fsp3) is 0.500. The number of phenols is 2. The number of carbonyl (C=O) groups is 1. The fourth-order valence-corrected chi connectivity index (χ4v) is 2.66. The minimum atomic E-state index is -0.205. The summed E-state index contributed by atoms with van der Waals surface area (Å²) in [4.78, 5) is 14.3. The van der Waals surface area contributed by atoms with Crippen LogP contribution in [0.1, 0.15) is 43.5 Å². The van der Waals surface area contributed by atoms with Crippen LogP contribution in [0.2, 0.25) is 0 Å². The van der Waals surface area contributed by atoms with Crippen LogP contribution in [-0.2, 0) is 0 Å². The molecular formula is C14H19NO3. The van der Waals surface area contributed by atoms with Crippen LogP contribution in [0.25, 0.3) is 0 Å². The zero-order valence-corrected chi connectivity index (χ0v) is 10.8. The highest BCUT2D eigenvalue weighted by molar-refractivity contribution is 5.97. The number of hydrogen-bond acceptors (Lipinski definition) is 3. The van der Waals surface area contributed by atoms with E-state index >= 15 is 0 Å². The summed E-state index contributed by atoms with van der Waals surface area (Å²) in [6.07, 6.45) is 3.09. The van der Waals surface area contributed by atoms with Gasteiger partial charge in [-0.1, -0.05) is 0 Å². The molecule has 0 radical (unpaired) electrons.